The Morgan fingerprint density at radius 3 is 2.69 bits per heavy atom. The summed E-state index contributed by atoms with van der Waals surface area (Å²) in [6, 6.07) is 0.241. The number of hydrogen-bond donors (Lipinski definition) is 1. The van der Waals surface area contributed by atoms with Crippen molar-refractivity contribution in [3.05, 3.63) is 11.6 Å². The highest BCUT2D eigenvalue weighted by atomic mass is 16.6. The highest BCUT2D eigenvalue weighted by molar-refractivity contribution is 5.68. The lowest BCUT2D eigenvalue weighted by Crippen LogP contribution is -2.39. The summed E-state index contributed by atoms with van der Waals surface area (Å²) in [6.45, 7) is 7.81. The topological polar surface area (TPSA) is 38.3 Å². The van der Waals surface area contributed by atoms with Crippen molar-refractivity contribution in [3.8, 4) is 0 Å². The van der Waals surface area contributed by atoms with Gasteiger partial charge in [-0.15, -0.1) is 0 Å². The first kappa shape index (κ1) is 13.1. The van der Waals surface area contributed by atoms with E-state index in [0.29, 0.717) is 0 Å². The first-order valence-electron chi connectivity index (χ1n) is 6.08. The van der Waals surface area contributed by atoms with Crippen LogP contribution in [0.3, 0.4) is 0 Å². The number of carbonyl (C=O) groups excluding carboxylic acids is 1. The molecule has 0 unspecified atom stereocenters. The van der Waals surface area contributed by atoms with E-state index in [9.17, 15) is 4.79 Å². The third-order valence-electron chi connectivity index (χ3n) is 2.68. The summed E-state index contributed by atoms with van der Waals surface area (Å²) in [4.78, 5) is 11.5. The predicted octanol–water partition coefficient (Wildman–Crippen LogP) is 3.40. The number of allylic oxidation sites excluding steroid dienone is 1. The van der Waals surface area contributed by atoms with Crippen LogP contribution in [0.1, 0.15) is 53.4 Å². The van der Waals surface area contributed by atoms with Crippen LogP contribution in [0.25, 0.3) is 0 Å². The molecule has 0 aliphatic heterocycles. The van der Waals surface area contributed by atoms with Gasteiger partial charge in [0, 0.05) is 6.04 Å². The molecule has 0 aromatic carbocycles. The van der Waals surface area contributed by atoms with Gasteiger partial charge >= 0.3 is 6.09 Å². The normalized spacial score (nSPS) is 21.2. The minimum Gasteiger partial charge on any atom is -0.444 e. The number of carbonyl (C=O) groups is 1. The van der Waals surface area contributed by atoms with Crippen LogP contribution in [0.5, 0.6) is 0 Å². The Bertz CT molecular complexity index is 276. The number of amides is 1. The van der Waals surface area contributed by atoms with Crippen LogP contribution in [0.4, 0.5) is 4.79 Å². The lowest BCUT2D eigenvalue weighted by atomic mass is 9.94. The molecule has 1 atom stereocenters. The van der Waals surface area contributed by atoms with Gasteiger partial charge in [0.05, 0.1) is 0 Å². The monoisotopic (exact) mass is 225 g/mol. The summed E-state index contributed by atoms with van der Waals surface area (Å²) >= 11 is 0. The van der Waals surface area contributed by atoms with Crippen LogP contribution in [0, 0.1) is 0 Å². The Morgan fingerprint density at radius 2 is 2.25 bits per heavy atom. The highest BCUT2D eigenvalue weighted by Crippen LogP contribution is 2.20. The van der Waals surface area contributed by atoms with Crippen molar-refractivity contribution in [3.63, 3.8) is 0 Å². The fraction of sp³-hybridized carbons (Fsp3) is 0.769. The molecule has 0 radical (unpaired) electrons. The van der Waals surface area contributed by atoms with E-state index >= 15 is 0 Å². The average molecular weight is 225 g/mol. The van der Waals surface area contributed by atoms with E-state index in [-0.39, 0.29) is 12.1 Å². The molecule has 0 fully saturated rings. The van der Waals surface area contributed by atoms with Crippen LogP contribution in [-0.2, 0) is 4.74 Å². The number of nitrogens with one attached hydrogen (secondary N) is 1. The van der Waals surface area contributed by atoms with E-state index in [0.717, 1.165) is 25.7 Å². The third kappa shape index (κ3) is 4.69. The van der Waals surface area contributed by atoms with E-state index in [4.69, 9.17) is 4.74 Å². The maximum absolute atomic E-state index is 11.5. The summed E-state index contributed by atoms with van der Waals surface area (Å²) in [5.74, 6) is 0. The molecule has 1 N–H and O–H groups in total. The predicted molar refractivity (Wildman–Crippen MR) is 65.4 cm³/mol. The molecule has 0 saturated carbocycles. The fourth-order valence-electron chi connectivity index (χ4n) is 1.81. The quantitative estimate of drug-likeness (QED) is 0.731. The van der Waals surface area contributed by atoms with Gasteiger partial charge < -0.3 is 10.1 Å². The molecule has 0 aromatic heterocycles. The minimum absolute atomic E-state index is 0.241. The van der Waals surface area contributed by atoms with Crippen LogP contribution in [0.15, 0.2) is 11.6 Å². The second-order valence-electron chi connectivity index (χ2n) is 5.33. The van der Waals surface area contributed by atoms with Crippen molar-refractivity contribution < 1.29 is 9.53 Å². The van der Waals surface area contributed by atoms with E-state index in [1.807, 2.05) is 20.8 Å². The summed E-state index contributed by atoms with van der Waals surface area (Å²) in [5, 5.41) is 2.91. The Labute approximate surface area is 98.2 Å². The third-order valence-corrected chi connectivity index (χ3v) is 2.68. The summed E-state index contributed by atoms with van der Waals surface area (Å²) in [7, 11) is 0. The lowest BCUT2D eigenvalue weighted by molar-refractivity contribution is 0.0501. The smallest absolute Gasteiger partial charge is 0.407 e. The van der Waals surface area contributed by atoms with Crippen molar-refractivity contribution in [2.45, 2.75) is 65.0 Å². The number of ether oxygens (including phenoxy) is 1. The molecule has 0 saturated heterocycles. The molecule has 1 amide bonds. The largest absolute Gasteiger partial charge is 0.444 e. The molecule has 1 aliphatic carbocycles. The van der Waals surface area contributed by atoms with Gasteiger partial charge in [-0.1, -0.05) is 18.6 Å². The Hall–Kier alpha value is -0.990. The molecule has 16 heavy (non-hydrogen) atoms. The van der Waals surface area contributed by atoms with E-state index in [1.54, 1.807) is 0 Å². The van der Waals surface area contributed by atoms with Gasteiger partial charge in [-0.05, 0) is 46.5 Å². The Balaban J connectivity index is 2.34. The molecule has 1 aliphatic rings. The maximum atomic E-state index is 11.5. The summed E-state index contributed by atoms with van der Waals surface area (Å²) < 4.78 is 5.22. The zero-order chi connectivity index (χ0) is 12.2. The average Bonchev–Trinajstić information content (AvgIpc) is 2.16. The molecule has 1 rings (SSSR count). The van der Waals surface area contributed by atoms with Crippen LogP contribution in [-0.4, -0.2) is 17.7 Å². The Kier molecular flexibility index (Phi) is 4.39. The maximum Gasteiger partial charge on any atom is 0.407 e. The van der Waals surface area contributed by atoms with E-state index in [2.05, 4.69) is 18.3 Å². The summed E-state index contributed by atoms with van der Waals surface area (Å²) in [5.41, 5.74) is 1.09. The second kappa shape index (κ2) is 5.37. The molecule has 3 heteroatoms. The first-order valence-corrected chi connectivity index (χ1v) is 6.08. The van der Waals surface area contributed by atoms with Gasteiger partial charge in [-0.2, -0.15) is 0 Å². The van der Waals surface area contributed by atoms with Crippen molar-refractivity contribution in [1.29, 1.82) is 0 Å². The molecular weight excluding hydrogens is 202 g/mol. The van der Waals surface area contributed by atoms with Crippen LogP contribution in [0.2, 0.25) is 0 Å². The van der Waals surface area contributed by atoms with Gasteiger partial charge in [0.25, 0.3) is 0 Å². The van der Waals surface area contributed by atoms with Gasteiger partial charge in [0.2, 0.25) is 0 Å². The number of alkyl carbamates (subject to hydrolysis) is 1. The SMILES string of the molecule is CCC1=CC[C@H](NC(=O)OC(C)(C)C)CC1. The first-order chi connectivity index (χ1) is 7.40. The molecule has 0 heterocycles. The highest BCUT2D eigenvalue weighted by Gasteiger charge is 2.20. The van der Waals surface area contributed by atoms with Crippen LogP contribution >= 0.6 is 0 Å². The number of rotatable bonds is 2. The second-order valence-corrected chi connectivity index (χ2v) is 5.33. The molecular formula is C13H23NO2. The molecule has 0 aromatic rings. The van der Waals surface area contributed by atoms with Gasteiger partial charge in [-0.25, -0.2) is 4.79 Å². The van der Waals surface area contributed by atoms with E-state index in [1.165, 1.54) is 5.57 Å². The van der Waals surface area contributed by atoms with Gasteiger partial charge in [-0.3, -0.25) is 0 Å². The minimum atomic E-state index is -0.414. The summed E-state index contributed by atoms with van der Waals surface area (Å²) in [6.07, 6.45) is 6.12. The standard InChI is InChI=1S/C13H23NO2/c1-5-10-6-8-11(9-7-10)14-12(15)16-13(2,3)4/h6,11H,5,7-9H2,1-4H3,(H,14,15)/t11-/m0/s1. The van der Waals surface area contributed by atoms with Crippen LogP contribution < -0.4 is 5.32 Å². The lowest BCUT2D eigenvalue weighted by Gasteiger charge is -2.25. The molecule has 92 valence electrons. The fourth-order valence-corrected chi connectivity index (χ4v) is 1.81. The van der Waals surface area contributed by atoms with Crippen molar-refractivity contribution >= 4 is 6.09 Å². The molecule has 3 nitrogen and oxygen atoms in total. The van der Waals surface area contributed by atoms with Crippen molar-refractivity contribution in [2.24, 2.45) is 0 Å². The molecule has 0 bridgehead atoms. The molecule has 0 spiro atoms. The Morgan fingerprint density at radius 1 is 1.56 bits per heavy atom. The zero-order valence-corrected chi connectivity index (χ0v) is 10.8. The number of hydrogen-bond acceptors (Lipinski definition) is 2. The van der Waals surface area contributed by atoms with Crippen molar-refractivity contribution in [1.82, 2.24) is 5.32 Å². The van der Waals surface area contributed by atoms with Crippen molar-refractivity contribution in [2.75, 3.05) is 0 Å². The van der Waals surface area contributed by atoms with Gasteiger partial charge in [0.1, 0.15) is 5.60 Å². The zero-order valence-electron chi connectivity index (χ0n) is 10.8. The van der Waals surface area contributed by atoms with Gasteiger partial charge in [0.15, 0.2) is 0 Å². The van der Waals surface area contributed by atoms with E-state index < -0.39 is 5.60 Å².